The lowest BCUT2D eigenvalue weighted by Crippen LogP contribution is -2.29. The minimum Gasteiger partial charge on any atom is -0.511 e. The Hall–Kier alpha value is -2.46. The summed E-state index contributed by atoms with van der Waals surface area (Å²) >= 11 is 0. The number of nitrogens with zero attached hydrogens (tertiary/aromatic N) is 1. The van der Waals surface area contributed by atoms with E-state index >= 15 is 0 Å². The van der Waals surface area contributed by atoms with Gasteiger partial charge in [0.1, 0.15) is 22.7 Å². The number of pyridine rings is 1. The number of methoxy groups -OCH3 is 1. The largest absolute Gasteiger partial charge is 0.511 e. The third-order valence-corrected chi connectivity index (χ3v) is 4.99. The molecule has 0 spiro atoms. The van der Waals surface area contributed by atoms with Gasteiger partial charge in [-0.25, -0.2) is 9.78 Å². The van der Waals surface area contributed by atoms with Crippen LogP contribution in [0.4, 0.5) is 13.2 Å². The summed E-state index contributed by atoms with van der Waals surface area (Å²) in [5, 5.41) is 10.2. The molecule has 29 heavy (non-hydrogen) atoms. The highest BCUT2D eigenvalue weighted by Crippen LogP contribution is 2.42. The fraction of sp³-hybridized carbons (Fsp3) is 0.526. The lowest BCUT2D eigenvalue weighted by molar-refractivity contribution is -0.141. The molecule has 0 amide bonds. The first kappa shape index (κ1) is 21.3. The maximum atomic E-state index is 13.0. The van der Waals surface area contributed by atoms with Crippen molar-refractivity contribution in [3.63, 3.8) is 0 Å². The van der Waals surface area contributed by atoms with Gasteiger partial charge in [0.25, 0.3) is 0 Å². The molecule has 0 radical (unpaired) electrons. The number of ketones is 1. The van der Waals surface area contributed by atoms with Crippen LogP contribution in [0.25, 0.3) is 0 Å². The van der Waals surface area contributed by atoms with E-state index in [0.29, 0.717) is 25.3 Å². The Morgan fingerprint density at radius 3 is 2.66 bits per heavy atom. The number of fused-ring (bicyclic) bond motifs is 2. The number of halogens is 3. The highest BCUT2D eigenvalue weighted by molar-refractivity contribution is 6.19. The van der Waals surface area contributed by atoms with Crippen molar-refractivity contribution in [3.8, 4) is 5.75 Å². The molecule has 0 aliphatic heterocycles. The zero-order valence-electron chi connectivity index (χ0n) is 15.6. The third kappa shape index (κ3) is 4.59. The summed E-state index contributed by atoms with van der Waals surface area (Å²) in [6.07, 6.45) is -3.03. The standard InChI is InChI=1S/C19H20F3NO6/c1-27-6-7-28-9-12-13(4-5-14(23-12)19(20,21)22)29-18(26)15-16(24)10-2-3-11(8-10)17(15)25/h4-5,10-11,24H,2-3,6-9H2,1H3. The Balaban J connectivity index is 1.84. The Kier molecular flexibility index (Phi) is 6.23. The second-order valence-electron chi connectivity index (χ2n) is 6.91. The molecule has 2 atom stereocenters. The molecule has 1 N–H and O–H groups in total. The van der Waals surface area contributed by atoms with Gasteiger partial charge in [0.05, 0.1) is 19.8 Å². The quantitative estimate of drug-likeness (QED) is 0.416. The van der Waals surface area contributed by atoms with E-state index in [9.17, 15) is 27.9 Å². The van der Waals surface area contributed by atoms with Crippen molar-refractivity contribution in [2.24, 2.45) is 11.8 Å². The fourth-order valence-electron chi connectivity index (χ4n) is 3.51. The van der Waals surface area contributed by atoms with Gasteiger partial charge in [0.15, 0.2) is 11.5 Å². The molecule has 158 valence electrons. The number of carbonyl (C=O) groups is 2. The van der Waals surface area contributed by atoms with Crippen molar-refractivity contribution in [1.82, 2.24) is 4.98 Å². The highest BCUT2D eigenvalue weighted by Gasteiger charge is 2.44. The minimum absolute atomic E-state index is 0.0929. The number of rotatable bonds is 7. The number of Topliss-reactive ketones (excluding diaryl/α,β-unsaturated/α-hetero) is 1. The SMILES string of the molecule is COCCOCc1nc(C(F)(F)F)ccc1OC(=O)C1=C(O)C2CCC(C2)C1=O. The Bertz CT molecular complexity index is 836. The molecular weight excluding hydrogens is 395 g/mol. The van der Waals surface area contributed by atoms with E-state index in [1.807, 2.05) is 0 Å². The highest BCUT2D eigenvalue weighted by atomic mass is 19.4. The predicted octanol–water partition coefficient (Wildman–Crippen LogP) is 2.98. The van der Waals surface area contributed by atoms with Gasteiger partial charge in [-0.15, -0.1) is 0 Å². The molecule has 3 rings (SSSR count). The van der Waals surface area contributed by atoms with Crippen LogP contribution in [-0.2, 0) is 31.8 Å². The van der Waals surface area contributed by atoms with E-state index in [1.165, 1.54) is 7.11 Å². The van der Waals surface area contributed by atoms with Crippen molar-refractivity contribution in [3.05, 3.63) is 34.9 Å². The molecule has 2 aliphatic carbocycles. The number of aliphatic hydroxyl groups is 1. The smallest absolute Gasteiger partial charge is 0.433 e. The Morgan fingerprint density at radius 1 is 1.24 bits per heavy atom. The number of ether oxygens (including phenoxy) is 3. The molecule has 1 heterocycles. The van der Waals surface area contributed by atoms with E-state index in [1.54, 1.807) is 0 Å². The summed E-state index contributed by atoms with van der Waals surface area (Å²) in [6.45, 7) is -0.0537. The van der Waals surface area contributed by atoms with Gasteiger partial charge in [0, 0.05) is 18.9 Å². The second kappa shape index (κ2) is 8.50. The molecule has 1 fully saturated rings. The lowest BCUT2D eigenvalue weighted by atomic mass is 9.86. The van der Waals surface area contributed by atoms with Crippen molar-refractivity contribution in [2.75, 3.05) is 20.3 Å². The van der Waals surface area contributed by atoms with Gasteiger partial charge < -0.3 is 19.3 Å². The molecule has 0 saturated heterocycles. The van der Waals surface area contributed by atoms with E-state index in [-0.39, 0.29) is 48.9 Å². The van der Waals surface area contributed by atoms with Crippen LogP contribution >= 0.6 is 0 Å². The van der Waals surface area contributed by atoms with Crippen LogP contribution in [0, 0.1) is 11.8 Å². The van der Waals surface area contributed by atoms with E-state index in [0.717, 1.165) is 6.07 Å². The fourth-order valence-corrected chi connectivity index (χ4v) is 3.51. The monoisotopic (exact) mass is 415 g/mol. The molecule has 7 nitrogen and oxygen atoms in total. The van der Waals surface area contributed by atoms with Gasteiger partial charge in [-0.3, -0.25) is 4.79 Å². The van der Waals surface area contributed by atoms with E-state index in [2.05, 4.69) is 4.98 Å². The van der Waals surface area contributed by atoms with Crippen LogP contribution in [0.2, 0.25) is 0 Å². The van der Waals surface area contributed by atoms with Gasteiger partial charge in [-0.05, 0) is 31.4 Å². The van der Waals surface area contributed by atoms with Gasteiger partial charge in [0.2, 0.25) is 0 Å². The summed E-state index contributed by atoms with van der Waals surface area (Å²) in [7, 11) is 1.44. The molecule has 1 saturated carbocycles. The number of esters is 1. The Labute approximate surface area is 164 Å². The molecule has 10 heteroatoms. The van der Waals surface area contributed by atoms with Crippen LogP contribution in [-0.4, -0.2) is 42.2 Å². The number of hydrogen-bond acceptors (Lipinski definition) is 7. The molecule has 2 aliphatic rings. The first-order chi connectivity index (χ1) is 13.7. The Morgan fingerprint density at radius 2 is 1.97 bits per heavy atom. The zero-order valence-corrected chi connectivity index (χ0v) is 15.6. The maximum Gasteiger partial charge on any atom is 0.433 e. The number of aliphatic hydroxyl groups excluding tert-OH is 1. The number of carbonyl (C=O) groups excluding carboxylic acids is 2. The number of aromatic nitrogens is 1. The molecular formula is C19H20F3NO6. The molecule has 2 bridgehead atoms. The van der Waals surface area contributed by atoms with Crippen molar-refractivity contribution >= 4 is 11.8 Å². The maximum absolute atomic E-state index is 13.0. The van der Waals surface area contributed by atoms with E-state index in [4.69, 9.17) is 14.2 Å². The van der Waals surface area contributed by atoms with Gasteiger partial charge in [-0.2, -0.15) is 13.2 Å². The first-order valence-electron chi connectivity index (χ1n) is 9.05. The number of allylic oxidation sites excluding steroid dienone is 1. The second-order valence-corrected chi connectivity index (χ2v) is 6.91. The average molecular weight is 415 g/mol. The van der Waals surface area contributed by atoms with Crippen molar-refractivity contribution in [2.45, 2.75) is 32.0 Å². The van der Waals surface area contributed by atoms with Crippen LogP contribution < -0.4 is 4.74 Å². The minimum atomic E-state index is -4.69. The van der Waals surface area contributed by atoms with Crippen LogP contribution in [0.5, 0.6) is 5.75 Å². The van der Waals surface area contributed by atoms with Crippen molar-refractivity contribution in [1.29, 1.82) is 0 Å². The van der Waals surface area contributed by atoms with Crippen LogP contribution in [0.3, 0.4) is 0 Å². The summed E-state index contributed by atoms with van der Waals surface area (Å²) in [5.41, 5.74) is -1.86. The lowest BCUT2D eigenvalue weighted by Gasteiger charge is -2.20. The average Bonchev–Trinajstić information content (AvgIpc) is 3.11. The van der Waals surface area contributed by atoms with E-state index < -0.39 is 29.2 Å². The van der Waals surface area contributed by atoms with Gasteiger partial charge in [-0.1, -0.05) is 0 Å². The molecule has 1 aromatic heterocycles. The summed E-state index contributed by atoms with van der Waals surface area (Å²) in [4.78, 5) is 28.5. The summed E-state index contributed by atoms with van der Waals surface area (Å²) in [6, 6.07) is 1.62. The van der Waals surface area contributed by atoms with Gasteiger partial charge >= 0.3 is 12.1 Å². The zero-order chi connectivity index (χ0) is 21.2. The molecule has 2 unspecified atom stereocenters. The van der Waals surface area contributed by atoms with Crippen LogP contribution in [0.15, 0.2) is 23.5 Å². The predicted molar refractivity (Wildman–Crippen MR) is 91.9 cm³/mol. The number of hydrogen-bond donors (Lipinski definition) is 1. The third-order valence-electron chi connectivity index (χ3n) is 4.99. The normalized spacial score (nSPS) is 21.6. The molecule has 1 aromatic rings. The molecule has 0 aromatic carbocycles. The van der Waals surface area contributed by atoms with Crippen LogP contribution in [0.1, 0.15) is 30.7 Å². The summed E-state index contributed by atoms with van der Waals surface area (Å²) < 4.78 is 54.1. The van der Waals surface area contributed by atoms with Crippen molar-refractivity contribution < 1.29 is 42.1 Å². The summed E-state index contributed by atoms with van der Waals surface area (Å²) in [5.74, 6) is -2.82. The first-order valence-corrected chi connectivity index (χ1v) is 9.05. The topological polar surface area (TPSA) is 94.9 Å². The number of alkyl halides is 3.